The number of hydrogen-bond acceptors (Lipinski definition) is 2. The molecule has 2 rings (SSSR count). The van der Waals surface area contributed by atoms with Crippen LogP contribution in [0, 0.1) is 17.1 Å². The smallest absolute Gasteiger partial charge is 0.161 e. The predicted octanol–water partition coefficient (Wildman–Crippen LogP) is 2.64. The molecule has 1 heterocycles. The van der Waals surface area contributed by atoms with Gasteiger partial charge < -0.3 is 0 Å². The van der Waals surface area contributed by atoms with E-state index in [0.717, 1.165) is 17.4 Å². The third kappa shape index (κ3) is 1.94. The van der Waals surface area contributed by atoms with E-state index in [-0.39, 0.29) is 11.7 Å². The number of aromatic nitrogens is 2. The van der Waals surface area contributed by atoms with Crippen molar-refractivity contribution in [2.24, 2.45) is 0 Å². The fraction of sp³-hybridized carbons (Fsp3) is 0.167. The van der Waals surface area contributed by atoms with Crippen molar-refractivity contribution in [1.82, 2.24) is 9.78 Å². The summed E-state index contributed by atoms with van der Waals surface area (Å²) >= 11 is 0. The number of halogens is 1. The molecule has 0 spiro atoms. The van der Waals surface area contributed by atoms with E-state index in [1.807, 2.05) is 31.2 Å². The van der Waals surface area contributed by atoms with Crippen LogP contribution >= 0.6 is 0 Å². The van der Waals surface area contributed by atoms with Crippen LogP contribution in [0.25, 0.3) is 5.69 Å². The van der Waals surface area contributed by atoms with Gasteiger partial charge in [0.05, 0.1) is 30.1 Å². The van der Waals surface area contributed by atoms with Crippen molar-refractivity contribution in [2.75, 3.05) is 0 Å². The Bertz CT molecular complexity index is 522. The van der Waals surface area contributed by atoms with E-state index in [0.29, 0.717) is 0 Å². The monoisotopic (exact) mass is 215 g/mol. The van der Waals surface area contributed by atoms with E-state index in [1.54, 1.807) is 0 Å². The zero-order chi connectivity index (χ0) is 11.5. The maximum atomic E-state index is 12.7. The minimum Gasteiger partial charge on any atom is -0.238 e. The summed E-state index contributed by atoms with van der Waals surface area (Å²) in [6.45, 7) is 1.84. The topological polar surface area (TPSA) is 41.6 Å². The molecule has 0 aliphatic carbocycles. The summed E-state index contributed by atoms with van der Waals surface area (Å²) < 4.78 is 14.2. The fourth-order valence-electron chi connectivity index (χ4n) is 1.43. The van der Waals surface area contributed by atoms with Gasteiger partial charge in [0.15, 0.2) is 5.82 Å². The van der Waals surface area contributed by atoms with Crippen LogP contribution in [0.5, 0.6) is 0 Å². The van der Waals surface area contributed by atoms with Gasteiger partial charge in [-0.25, -0.2) is 9.07 Å². The van der Waals surface area contributed by atoms with Gasteiger partial charge in [-0.1, -0.05) is 12.1 Å². The van der Waals surface area contributed by atoms with E-state index in [2.05, 4.69) is 11.2 Å². The molecule has 0 N–H and O–H groups in total. The first-order valence-electron chi connectivity index (χ1n) is 4.91. The Morgan fingerprint density at radius 1 is 1.38 bits per heavy atom. The van der Waals surface area contributed by atoms with Crippen LogP contribution in [0.2, 0.25) is 0 Å². The maximum Gasteiger partial charge on any atom is 0.161 e. The molecule has 1 aromatic carbocycles. The molecule has 0 aliphatic rings. The second-order valence-corrected chi connectivity index (χ2v) is 3.55. The zero-order valence-electron chi connectivity index (χ0n) is 8.76. The number of rotatable bonds is 2. The number of nitriles is 1. The summed E-state index contributed by atoms with van der Waals surface area (Å²) in [4.78, 5) is 0. The summed E-state index contributed by atoms with van der Waals surface area (Å²) in [5.41, 5.74) is 1.72. The Kier molecular flexibility index (Phi) is 2.69. The van der Waals surface area contributed by atoms with Gasteiger partial charge in [0.1, 0.15) is 0 Å². The van der Waals surface area contributed by atoms with Gasteiger partial charge in [-0.15, -0.1) is 0 Å². The van der Waals surface area contributed by atoms with Crippen LogP contribution in [-0.2, 0) is 0 Å². The third-order valence-corrected chi connectivity index (χ3v) is 2.40. The van der Waals surface area contributed by atoms with Crippen LogP contribution in [0.3, 0.4) is 0 Å². The van der Waals surface area contributed by atoms with Crippen molar-refractivity contribution >= 4 is 0 Å². The van der Waals surface area contributed by atoms with Crippen molar-refractivity contribution in [3.8, 4) is 11.8 Å². The summed E-state index contributed by atoms with van der Waals surface area (Å²) in [6, 6.07) is 9.49. The lowest BCUT2D eigenvalue weighted by Crippen LogP contribution is -1.95. The van der Waals surface area contributed by atoms with E-state index >= 15 is 0 Å². The maximum absolute atomic E-state index is 12.7. The fourth-order valence-corrected chi connectivity index (χ4v) is 1.43. The highest BCUT2D eigenvalue weighted by molar-refractivity contribution is 5.36. The highest BCUT2D eigenvalue weighted by atomic mass is 19.1. The zero-order valence-corrected chi connectivity index (χ0v) is 8.76. The molecule has 0 fully saturated rings. The number of benzene rings is 1. The molecule has 0 aliphatic heterocycles. The molecule has 3 nitrogen and oxygen atoms in total. The molecule has 16 heavy (non-hydrogen) atoms. The van der Waals surface area contributed by atoms with Gasteiger partial charge in [0.2, 0.25) is 0 Å². The molecule has 0 bridgehead atoms. The van der Waals surface area contributed by atoms with Crippen LogP contribution in [0.1, 0.15) is 18.4 Å². The molecule has 1 aromatic heterocycles. The molecule has 1 unspecified atom stereocenters. The van der Waals surface area contributed by atoms with Crippen molar-refractivity contribution in [3.05, 3.63) is 48.0 Å². The Morgan fingerprint density at radius 2 is 2.06 bits per heavy atom. The molecule has 0 amide bonds. The number of hydrogen-bond donors (Lipinski definition) is 0. The first-order valence-corrected chi connectivity index (χ1v) is 4.91. The lowest BCUT2D eigenvalue weighted by molar-refractivity contribution is 0.627. The van der Waals surface area contributed by atoms with Crippen molar-refractivity contribution in [3.63, 3.8) is 0 Å². The average molecular weight is 215 g/mol. The third-order valence-electron chi connectivity index (χ3n) is 2.40. The van der Waals surface area contributed by atoms with E-state index in [9.17, 15) is 4.39 Å². The molecular weight excluding hydrogens is 205 g/mol. The molecular formula is C12H10FN3. The minimum absolute atomic E-state index is 0.136. The van der Waals surface area contributed by atoms with E-state index in [4.69, 9.17) is 5.26 Å². The molecule has 2 aromatic rings. The molecule has 0 saturated heterocycles. The summed E-state index contributed by atoms with van der Waals surface area (Å²) in [5.74, 6) is -0.502. The van der Waals surface area contributed by atoms with Gasteiger partial charge in [-0.3, -0.25) is 0 Å². The largest absolute Gasteiger partial charge is 0.238 e. The first-order chi connectivity index (χ1) is 7.70. The average Bonchev–Trinajstić information content (AvgIpc) is 2.75. The lowest BCUT2D eigenvalue weighted by atomic mass is 10.0. The minimum atomic E-state index is -0.366. The standard InChI is InChI=1S/C12H10FN3/c1-9(6-14)10-2-4-12(5-3-10)16-8-11(13)7-15-16/h2-5,7-9H,1H3. The summed E-state index contributed by atoms with van der Waals surface area (Å²) in [6.07, 6.45) is 2.47. The van der Waals surface area contributed by atoms with Gasteiger partial charge in [-0.05, 0) is 24.6 Å². The Morgan fingerprint density at radius 3 is 2.56 bits per heavy atom. The molecule has 1 atom stereocenters. The van der Waals surface area contributed by atoms with Crippen molar-refractivity contribution in [1.29, 1.82) is 5.26 Å². The van der Waals surface area contributed by atoms with Gasteiger partial charge in [0.25, 0.3) is 0 Å². The Labute approximate surface area is 92.7 Å². The second kappa shape index (κ2) is 4.15. The summed E-state index contributed by atoms with van der Waals surface area (Å²) in [7, 11) is 0. The SMILES string of the molecule is CC(C#N)c1ccc(-n2cc(F)cn2)cc1. The van der Waals surface area contributed by atoms with Gasteiger partial charge in [0, 0.05) is 0 Å². The van der Waals surface area contributed by atoms with E-state index < -0.39 is 0 Å². The Balaban J connectivity index is 2.30. The lowest BCUT2D eigenvalue weighted by Gasteiger charge is -2.04. The van der Waals surface area contributed by atoms with Crippen molar-refractivity contribution in [2.45, 2.75) is 12.8 Å². The first kappa shape index (κ1) is 10.4. The quantitative estimate of drug-likeness (QED) is 0.772. The van der Waals surface area contributed by atoms with Crippen LogP contribution in [0.15, 0.2) is 36.7 Å². The predicted molar refractivity (Wildman–Crippen MR) is 57.6 cm³/mol. The van der Waals surface area contributed by atoms with Crippen LogP contribution in [0.4, 0.5) is 4.39 Å². The van der Waals surface area contributed by atoms with Gasteiger partial charge >= 0.3 is 0 Å². The Hall–Kier alpha value is -2.15. The molecule has 4 heteroatoms. The van der Waals surface area contributed by atoms with Crippen LogP contribution < -0.4 is 0 Å². The van der Waals surface area contributed by atoms with Crippen molar-refractivity contribution < 1.29 is 4.39 Å². The normalized spacial score (nSPS) is 12.1. The van der Waals surface area contributed by atoms with Gasteiger partial charge in [-0.2, -0.15) is 10.4 Å². The van der Waals surface area contributed by atoms with E-state index in [1.165, 1.54) is 10.9 Å². The molecule has 80 valence electrons. The molecule has 0 saturated carbocycles. The number of nitrogens with zero attached hydrogens (tertiary/aromatic N) is 3. The molecule has 0 radical (unpaired) electrons. The summed E-state index contributed by atoms with van der Waals surface area (Å²) in [5, 5.41) is 12.6. The second-order valence-electron chi connectivity index (χ2n) is 3.55. The van der Waals surface area contributed by atoms with Crippen LogP contribution in [-0.4, -0.2) is 9.78 Å². The highest BCUT2D eigenvalue weighted by Crippen LogP contribution is 2.16. The highest BCUT2D eigenvalue weighted by Gasteiger charge is 2.04.